The van der Waals surface area contributed by atoms with Crippen molar-refractivity contribution < 1.29 is 4.79 Å². The molecule has 2 heterocycles. The largest absolute Gasteiger partial charge is 0.354 e. The van der Waals surface area contributed by atoms with E-state index in [1.165, 1.54) is 11.3 Å². The van der Waals surface area contributed by atoms with Gasteiger partial charge in [0.15, 0.2) is 0 Å². The van der Waals surface area contributed by atoms with E-state index < -0.39 is 0 Å². The number of nitrogens with zero attached hydrogens (tertiary/aromatic N) is 1. The van der Waals surface area contributed by atoms with Crippen molar-refractivity contribution in [3.05, 3.63) is 27.5 Å². The van der Waals surface area contributed by atoms with Crippen LogP contribution in [0.4, 0.5) is 0 Å². The molecule has 0 aromatic carbocycles. The zero-order valence-corrected chi connectivity index (χ0v) is 14.2. The van der Waals surface area contributed by atoms with E-state index >= 15 is 0 Å². The third kappa shape index (κ3) is 5.39. The molecule has 0 unspecified atom stereocenters. The number of hydrogen-bond donors (Lipinski definition) is 2. The number of hydrogen-bond acceptors (Lipinski definition) is 5. The van der Waals surface area contributed by atoms with Gasteiger partial charge in [-0.2, -0.15) is 0 Å². The van der Waals surface area contributed by atoms with Gasteiger partial charge in [0.25, 0.3) is 0 Å². The summed E-state index contributed by atoms with van der Waals surface area (Å²) in [7, 11) is 0. The molecule has 0 radical (unpaired) electrons. The fraction of sp³-hybridized carbons (Fsp3) is 0.429. The number of amides is 1. The Kier molecular flexibility index (Phi) is 6.63. The van der Waals surface area contributed by atoms with Gasteiger partial charge in [-0.3, -0.25) is 4.79 Å². The monoisotopic (exact) mass is 343 g/mol. The van der Waals surface area contributed by atoms with E-state index in [-0.39, 0.29) is 5.91 Å². The summed E-state index contributed by atoms with van der Waals surface area (Å²) < 4.78 is 0.749. The number of thiophene rings is 1. The van der Waals surface area contributed by atoms with Gasteiger partial charge in [-0.1, -0.05) is 18.5 Å². The second-order valence-electron chi connectivity index (χ2n) is 4.52. The van der Waals surface area contributed by atoms with Crippen LogP contribution in [0.25, 0.3) is 9.88 Å². The first-order valence-electron chi connectivity index (χ1n) is 6.86. The lowest BCUT2D eigenvalue weighted by Crippen LogP contribution is -2.33. The molecule has 1 amide bonds. The lowest BCUT2D eigenvalue weighted by atomic mass is 10.3. The summed E-state index contributed by atoms with van der Waals surface area (Å²) in [5.74, 6) is 0.00867. The Bertz CT molecular complexity index is 582. The minimum atomic E-state index is 0.00867. The van der Waals surface area contributed by atoms with Crippen molar-refractivity contribution >= 4 is 40.2 Å². The normalized spacial score (nSPS) is 10.8. The quantitative estimate of drug-likeness (QED) is 0.724. The summed E-state index contributed by atoms with van der Waals surface area (Å²) in [5, 5.41) is 8.98. The highest BCUT2D eigenvalue weighted by Gasteiger charge is 2.10. The topological polar surface area (TPSA) is 54.0 Å². The van der Waals surface area contributed by atoms with Crippen molar-refractivity contribution in [2.45, 2.75) is 19.8 Å². The van der Waals surface area contributed by atoms with Crippen molar-refractivity contribution in [3.8, 4) is 9.88 Å². The highest BCUT2D eigenvalue weighted by molar-refractivity contribution is 7.23. The molecule has 4 nitrogen and oxygen atoms in total. The Hall–Kier alpha value is -0.950. The fourth-order valence-corrected chi connectivity index (χ4v) is 3.68. The maximum absolute atomic E-state index is 11.8. The molecule has 0 bridgehead atoms. The van der Waals surface area contributed by atoms with Gasteiger partial charge in [0.1, 0.15) is 5.01 Å². The standard InChI is InChI=1S/C14H18ClN3OS2/c1-2-5-16-6-7-17-13(19)8-10-9-20-14(18-10)11-3-4-12(15)21-11/h3-4,9,16H,2,5-8H2,1H3,(H,17,19). The molecule has 0 saturated carbocycles. The Balaban J connectivity index is 1.78. The summed E-state index contributed by atoms with van der Waals surface area (Å²) in [4.78, 5) is 17.3. The third-order valence-corrected chi connectivity index (χ3v) is 5.02. The lowest BCUT2D eigenvalue weighted by Gasteiger charge is -2.04. The molecule has 0 spiro atoms. The van der Waals surface area contributed by atoms with Gasteiger partial charge in [-0.25, -0.2) is 4.98 Å². The van der Waals surface area contributed by atoms with Crippen molar-refractivity contribution in [1.29, 1.82) is 0 Å². The fourth-order valence-electron chi connectivity index (χ4n) is 1.75. The number of carbonyl (C=O) groups excluding carboxylic acids is 1. The van der Waals surface area contributed by atoms with Crippen LogP contribution in [0, 0.1) is 0 Å². The van der Waals surface area contributed by atoms with Crippen molar-refractivity contribution in [2.75, 3.05) is 19.6 Å². The van der Waals surface area contributed by atoms with Crippen molar-refractivity contribution in [1.82, 2.24) is 15.6 Å². The van der Waals surface area contributed by atoms with Crippen LogP contribution in [-0.2, 0) is 11.2 Å². The van der Waals surface area contributed by atoms with E-state index in [0.29, 0.717) is 13.0 Å². The number of nitrogens with one attached hydrogen (secondary N) is 2. The van der Waals surface area contributed by atoms with Gasteiger partial charge >= 0.3 is 0 Å². The summed E-state index contributed by atoms with van der Waals surface area (Å²) in [6.45, 7) is 4.55. The van der Waals surface area contributed by atoms with Crippen LogP contribution in [0.2, 0.25) is 4.34 Å². The zero-order chi connectivity index (χ0) is 15.1. The summed E-state index contributed by atoms with van der Waals surface area (Å²) in [6, 6.07) is 3.81. The van der Waals surface area contributed by atoms with E-state index in [4.69, 9.17) is 11.6 Å². The van der Waals surface area contributed by atoms with E-state index in [2.05, 4.69) is 22.5 Å². The SMILES string of the molecule is CCCNCCNC(=O)Cc1csc(-c2ccc(Cl)s2)n1. The average molecular weight is 344 g/mol. The van der Waals surface area contributed by atoms with E-state index in [9.17, 15) is 4.79 Å². The molecule has 0 atom stereocenters. The lowest BCUT2D eigenvalue weighted by molar-refractivity contribution is -0.120. The molecule has 0 aliphatic rings. The van der Waals surface area contributed by atoms with Crippen LogP contribution >= 0.6 is 34.3 Å². The molecule has 21 heavy (non-hydrogen) atoms. The molecule has 2 aromatic heterocycles. The van der Waals surface area contributed by atoms with Gasteiger partial charge in [-0.05, 0) is 25.1 Å². The van der Waals surface area contributed by atoms with Gasteiger partial charge in [0.2, 0.25) is 5.91 Å². The molecule has 2 rings (SSSR count). The van der Waals surface area contributed by atoms with Gasteiger partial charge in [-0.15, -0.1) is 22.7 Å². The van der Waals surface area contributed by atoms with Crippen LogP contribution < -0.4 is 10.6 Å². The first kappa shape index (κ1) is 16.4. The summed E-state index contributed by atoms with van der Waals surface area (Å²) in [6.07, 6.45) is 1.42. The molecule has 0 saturated heterocycles. The smallest absolute Gasteiger partial charge is 0.226 e. The van der Waals surface area contributed by atoms with Crippen molar-refractivity contribution in [3.63, 3.8) is 0 Å². The molecule has 0 aliphatic carbocycles. The van der Waals surface area contributed by atoms with Gasteiger partial charge in [0, 0.05) is 18.5 Å². The number of aromatic nitrogens is 1. The average Bonchev–Trinajstić information content (AvgIpc) is 3.07. The number of thiazole rings is 1. The second-order valence-corrected chi connectivity index (χ2v) is 7.10. The van der Waals surface area contributed by atoms with Crippen LogP contribution in [0.1, 0.15) is 19.0 Å². The van der Waals surface area contributed by atoms with Crippen LogP contribution in [0.15, 0.2) is 17.5 Å². The van der Waals surface area contributed by atoms with Crippen LogP contribution in [0.5, 0.6) is 0 Å². The Morgan fingerprint density at radius 2 is 2.19 bits per heavy atom. The highest BCUT2D eigenvalue weighted by atomic mass is 35.5. The zero-order valence-electron chi connectivity index (χ0n) is 11.8. The van der Waals surface area contributed by atoms with Crippen LogP contribution in [-0.4, -0.2) is 30.5 Å². The molecule has 2 N–H and O–H groups in total. The molecule has 0 aliphatic heterocycles. The number of rotatable bonds is 8. The first-order chi connectivity index (χ1) is 10.2. The Morgan fingerprint density at radius 1 is 1.33 bits per heavy atom. The predicted octanol–water partition coefficient (Wildman–Crippen LogP) is 3.18. The second kappa shape index (κ2) is 8.48. The van der Waals surface area contributed by atoms with Crippen LogP contribution in [0.3, 0.4) is 0 Å². The molecule has 0 fully saturated rings. The van der Waals surface area contributed by atoms with E-state index in [1.54, 1.807) is 11.3 Å². The number of halogens is 1. The molecular formula is C14H18ClN3OS2. The first-order valence-corrected chi connectivity index (χ1v) is 8.94. The van der Waals surface area contributed by atoms with Crippen molar-refractivity contribution in [2.24, 2.45) is 0 Å². The molecule has 2 aromatic rings. The van der Waals surface area contributed by atoms with Gasteiger partial charge < -0.3 is 10.6 Å². The maximum atomic E-state index is 11.8. The van der Waals surface area contributed by atoms with Gasteiger partial charge in [0.05, 0.1) is 21.3 Å². The molecule has 7 heteroatoms. The van der Waals surface area contributed by atoms with E-state index in [0.717, 1.165) is 39.4 Å². The Labute approximate surface area is 137 Å². The number of carbonyl (C=O) groups is 1. The predicted molar refractivity (Wildman–Crippen MR) is 90.3 cm³/mol. The Morgan fingerprint density at radius 3 is 2.90 bits per heavy atom. The third-order valence-electron chi connectivity index (χ3n) is 2.73. The maximum Gasteiger partial charge on any atom is 0.226 e. The molecule has 114 valence electrons. The minimum absolute atomic E-state index is 0.00867. The minimum Gasteiger partial charge on any atom is -0.354 e. The highest BCUT2D eigenvalue weighted by Crippen LogP contribution is 2.32. The summed E-state index contributed by atoms with van der Waals surface area (Å²) >= 11 is 8.96. The molecular weight excluding hydrogens is 326 g/mol. The van der Waals surface area contributed by atoms with E-state index in [1.807, 2.05) is 17.5 Å². The summed E-state index contributed by atoms with van der Waals surface area (Å²) in [5.41, 5.74) is 0.804.